The molecule has 0 saturated carbocycles. The number of benzene rings is 1. The van der Waals surface area contributed by atoms with Gasteiger partial charge in [-0.25, -0.2) is 4.79 Å². The summed E-state index contributed by atoms with van der Waals surface area (Å²) in [5, 5.41) is 7.31. The van der Waals surface area contributed by atoms with Crippen LogP contribution < -0.4 is 5.32 Å². The summed E-state index contributed by atoms with van der Waals surface area (Å²) in [4.78, 5) is 26.6. The molecule has 1 aromatic heterocycles. The number of aryl methyl sites for hydroxylation is 3. The Morgan fingerprint density at radius 2 is 1.93 bits per heavy atom. The van der Waals surface area contributed by atoms with Gasteiger partial charge in [0.15, 0.2) is 5.69 Å². The van der Waals surface area contributed by atoms with Crippen LogP contribution in [0.4, 0.5) is 4.79 Å². The monoisotopic (exact) mass is 398 g/mol. The molecule has 1 saturated heterocycles. The van der Waals surface area contributed by atoms with E-state index in [9.17, 15) is 9.59 Å². The van der Waals surface area contributed by atoms with E-state index < -0.39 is 0 Å². The molecule has 2 aliphatic rings. The van der Waals surface area contributed by atoms with Gasteiger partial charge in [-0.1, -0.05) is 29.3 Å². The lowest BCUT2D eigenvalue weighted by molar-refractivity contribution is -0.00356. The lowest BCUT2D eigenvalue weighted by atomic mass is 10.1. The lowest BCUT2D eigenvalue weighted by Crippen LogP contribution is -2.48. The van der Waals surface area contributed by atoms with Crippen LogP contribution in [0.3, 0.4) is 0 Å². The zero-order chi connectivity index (χ0) is 20.4. The zero-order valence-corrected chi connectivity index (χ0v) is 16.8. The van der Waals surface area contributed by atoms with Gasteiger partial charge in [0, 0.05) is 13.1 Å². The predicted molar refractivity (Wildman–Crippen MR) is 105 cm³/mol. The molecule has 2 amide bonds. The molecule has 1 fully saturated rings. The van der Waals surface area contributed by atoms with Crippen molar-refractivity contribution >= 4 is 12.0 Å². The largest absolute Gasteiger partial charge is 0.445 e. The molecule has 154 valence electrons. The van der Waals surface area contributed by atoms with Gasteiger partial charge in [-0.15, -0.1) is 0 Å². The molecule has 0 bridgehead atoms. The first-order valence-corrected chi connectivity index (χ1v) is 9.92. The highest BCUT2D eigenvalue weighted by atomic mass is 16.6. The Hall–Kier alpha value is -2.87. The first-order valence-electron chi connectivity index (χ1n) is 9.92. The number of rotatable bonds is 4. The van der Waals surface area contributed by atoms with Gasteiger partial charge < -0.3 is 19.7 Å². The first-order chi connectivity index (χ1) is 14.0. The van der Waals surface area contributed by atoms with Gasteiger partial charge in [0.05, 0.1) is 31.5 Å². The summed E-state index contributed by atoms with van der Waals surface area (Å²) in [6.45, 7) is 7.01. The minimum Gasteiger partial charge on any atom is -0.445 e. The van der Waals surface area contributed by atoms with Gasteiger partial charge in [-0.3, -0.25) is 9.48 Å². The SMILES string of the molecule is Cc1cc(C)cc(COC(=O)N2CCCn3nc(C(=O)NC4COC4)cc3C2)c1. The van der Waals surface area contributed by atoms with Gasteiger partial charge in [-0.2, -0.15) is 5.10 Å². The predicted octanol–water partition coefficient (Wildman–Crippen LogP) is 2.17. The first kappa shape index (κ1) is 19.4. The zero-order valence-electron chi connectivity index (χ0n) is 16.8. The average Bonchev–Trinajstić information content (AvgIpc) is 2.93. The van der Waals surface area contributed by atoms with Crippen LogP contribution >= 0.6 is 0 Å². The van der Waals surface area contributed by atoms with Gasteiger partial charge in [0.1, 0.15) is 6.61 Å². The summed E-state index contributed by atoms with van der Waals surface area (Å²) in [5.41, 5.74) is 4.48. The molecule has 4 rings (SSSR count). The normalized spacial score (nSPS) is 16.6. The summed E-state index contributed by atoms with van der Waals surface area (Å²) in [7, 11) is 0. The Labute approximate surface area is 169 Å². The third-order valence-electron chi connectivity index (χ3n) is 5.12. The van der Waals surface area contributed by atoms with Crippen molar-refractivity contribution in [2.75, 3.05) is 19.8 Å². The van der Waals surface area contributed by atoms with E-state index in [0.29, 0.717) is 38.5 Å². The molecule has 2 aromatic rings. The molecule has 8 nitrogen and oxygen atoms in total. The van der Waals surface area contributed by atoms with Crippen molar-refractivity contribution in [3.05, 3.63) is 52.3 Å². The summed E-state index contributed by atoms with van der Waals surface area (Å²) in [6.07, 6.45) is 0.404. The standard InChI is InChI=1S/C21H26N4O4/c1-14-6-15(2)8-16(7-14)11-29-21(27)24-4-3-5-25-18(10-24)9-19(23-25)20(26)22-17-12-28-13-17/h6-9,17H,3-5,10-13H2,1-2H3,(H,22,26). The third-order valence-corrected chi connectivity index (χ3v) is 5.12. The van der Waals surface area contributed by atoms with Crippen molar-refractivity contribution in [1.29, 1.82) is 0 Å². The highest BCUT2D eigenvalue weighted by Crippen LogP contribution is 2.16. The third kappa shape index (κ3) is 4.59. The molecule has 0 radical (unpaired) electrons. The minimum absolute atomic E-state index is 0.0562. The Morgan fingerprint density at radius 1 is 1.17 bits per heavy atom. The maximum atomic E-state index is 12.6. The molecule has 0 atom stereocenters. The second-order valence-electron chi connectivity index (χ2n) is 7.78. The van der Waals surface area contributed by atoms with Crippen LogP contribution in [-0.2, 0) is 29.2 Å². The molecule has 3 heterocycles. The summed E-state index contributed by atoms with van der Waals surface area (Å²) >= 11 is 0. The van der Waals surface area contributed by atoms with Gasteiger partial charge >= 0.3 is 6.09 Å². The maximum Gasteiger partial charge on any atom is 0.410 e. The number of amides is 2. The van der Waals surface area contributed by atoms with Crippen LogP contribution in [0.1, 0.15) is 39.3 Å². The highest BCUT2D eigenvalue weighted by Gasteiger charge is 2.26. The van der Waals surface area contributed by atoms with E-state index in [2.05, 4.69) is 16.5 Å². The van der Waals surface area contributed by atoms with Crippen molar-refractivity contribution in [3.8, 4) is 0 Å². The van der Waals surface area contributed by atoms with E-state index >= 15 is 0 Å². The van der Waals surface area contributed by atoms with E-state index in [-0.39, 0.29) is 24.6 Å². The van der Waals surface area contributed by atoms with Crippen LogP contribution in [0.5, 0.6) is 0 Å². The molecule has 0 spiro atoms. The fourth-order valence-corrected chi connectivity index (χ4v) is 3.70. The van der Waals surface area contributed by atoms with Crippen molar-refractivity contribution in [2.24, 2.45) is 0 Å². The number of carbonyl (C=O) groups is 2. The fourth-order valence-electron chi connectivity index (χ4n) is 3.70. The van der Waals surface area contributed by atoms with E-state index in [1.54, 1.807) is 11.0 Å². The second-order valence-corrected chi connectivity index (χ2v) is 7.78. The topological polar surface area (TPSA) is 85.7 Å². The number of nitrogens with one attached hydrogen (secondary N) is 1. The lowest BCUT2D eigenvalue weighted by Gasteiger charge is -2.26. The number of hydrogen-bond donors (Lipinski definition) is 1. The average molecular weight is 398 g/mol. The molecule has 0 unspecified atom stereocenters. The van der Waals surface area contributed by atoms with Gasteiger partial charge in [-0.05, 0) is 31.9 Å². The fraction of sp³-hybridized carbons (Fsp3) is 0.476. The van der Waals surface area contributed by atoms with Crippen molar-refractivity contribution in [2.45, 2.75) is 46.0 Å². The minimum atomic E-state index is -0.351. The van der Waals surface area contributed by atoms with Crippen LogP contribution in [0, 0.1) is 13.8 Å². The summed E-state index contributed by atoms with van der Waals surface area (Å²) < 4.78 is 12.4. The van der Waals surface area contributed by atoms with Crippen LogP contribution in [-0.4, -0.2) is 52.5 Å². The van der Waals surface area contributed by atoms with E-state index in [4.69, 9.17) is 9.47 Å². The van der Waals surface area contributed by atoms with Gasteiger partial charge in [0.2, 0.25) is 0 Å². The van der Waals surface area contributed by atoms with Crippen molar-refractivity contribution in [1.82, 2.24) is 20.0 Å². The molecule has 0 aliphatic carbocycles. The Balaban J connectivity index is 1.38. The van der Waals surface area contributed by atoms with Crippen molar-refractivity contribution < 1.29 is 19.1 Å². The molecule has 1 aromatic carbocycles. The molecule has 8 heteroatoms. The smallest absolute Gasteiger partial charge is 0.410 e. The summed E-state index contributed by atoms with van der Waals surface area (Å²) in [6, 6.07) is 7.95. The maximum absolute atomic E-state index is 12.6. The number of aromatic nitrogens is 2. The van der Waals surface area contributed by atoms with Gasteiger partial charge in [0.25, 0.3) is 5.91 Å². The summed E-state index contributed by atoms with van der Waals surface area (Å²) in [5.74, 6) is -0.206. The highest BCUT2D eigenvalue weighted by molar-refractivity contribution is 5.92. The van der Waals surface area contributed by atoms with E-state index in [1.807, 2.05) is 30.7 Å². The Morgan fingerprint density at radius 3 is 2.62 bits per heavy atom. The van der Waals surface area contributed by atoms with Crippen LogP contribution in [0.2, 0.25) is 0 Å². The number of hydrogen-bond acceptors (Lipinski definition) is 5. The number of nitrogens with zero attached hydrogens (tertiary/aromatic N) is 3. The molecular weight excluding hydrogens is 372 g/mol. The quantitative estimate of drug-likeness (QED) is 0.853. The van der Waals surface area contributed by atoms with Crippen LogP contribution in [0.25, 0.3) is 0 Å². The molecular formula is C21H26N4O4. The number of carbonyl (C=O) groups excluding carboxylic acids is 2. The second kappa shape index (κ2) is 8.24. The van der Waals surface area contributed by atoms with Crippen LogP contribution in [0.15, 0.2) is 24.3 Å². The molecule has 2 aliphatic heterocycles. The van der Waals surface area contributed by atoms with E-state index in [0.717, 1.165) is 28.8 Å². The number of ether oxygens (including phenoxy) is 2. The Kier molecular flexibility index (Phi) is 5.53. The molecule has 29 heavy (non-hydrogen) atoms. The van der Waals surface area contributed by atoms with E-state index in [1.165, 1.54) is 0 Å². The number of fused-ring (bicyclic) bond motifs is 1. The molecule has 1 N–H and O–H groups in total. The van der Waals surface area contributed by atoms with Crippen molar-refractivity contribution in [3.63, 3.8) is 0 Å². The Bertz CT molecular complexity index is 899.